The average molecular weight is 356 g/mol. The van der Waals surface area contributed by atoms with Crippen molar-refractivity contribution in [1.82, 2.24) is 0 Å². The number of aromatic carboxylic acids is 1. The minimum absolute atomic E-state index is 0.254. The molecule has 0 radical (unpaired) electrons. The van der Waals surface area contributed by atoms with E-state index in [2.05, 4.69) is 15.9 Å². The minimum Gasteiger partial charge on any atom is -0.478 e. The van der Waals surface area contributed by atoms with E-state index in [0.717, 1.165) is 10.5 Å². The Hall–Kier alpha value is -2.48. The van der Waals surface area contributed by atoms with Crippen LogP contribution in [0.4, 0.5) is 10.1 Å². The van der Waals surface area contributed by atoms with Crippen LogP contribution in [0.15, 0.2) is 40.9 Å². The smallest absolute Gasteiger partial charge is 0.338 e. The van der Waals surface area contributed by atoms with Gasteiger partial charge in [-0.15, -0.1) is 0 Å². The maximum atomic E-state index is 13.5. The minimum atomic E-state index is -1.54. The summed E-state index contributed by atoms with van der Waals surface area (Å²) in [6.45, 7) is 0. The van der Waals surface area contributed by atoms with Gasteiger partial charge in [0.15, 0.2) is 0 Å². The largest absolute Gasteiger partial charge is 0.478 e. The predicted molar refractivity (Wildman–Crippen MR) is 74.2 cm³/mol. The van der Waals surface area contributed by atoms with Gasteiger partial charge in [-0.05, 0) is 24.3 Å². The molecule has 6 nitrogen and oxygen atoms in total. The maximum Gasteiger partial charge on any atom is 0.338 e. The molecule has 1 N–H and O–H groups in total. The number of ether oxygens (including phenoxy) is 1. The lowest BCUT2D eigenvalue weighted by Gasteiger charge is -2.08. The number of benzene rings is 2. The van der Waals surface area contributed by atoms with E-state index < -0.39 is 28.0 Å². The topological polar surface area (TPSA) is 89.7 Å². The summed E-state index contributed by atoms with van der Waals surface area (Å²) in [7, 11) is 0. The average Bonchev–Trinajstić information content (AvgIpc) is 2.42. The van der Waals surface area contributed by atoms with Gasteiger partial charge in [0.25, 0.3) is 0 Å². The molecule has 8 heteroatoms. The highest BCUT2D eigenvalue weighted by atomic mass is 79.9. The standard InChI is InChI=1S/C13H7BrFNO5/c14-7-1-3-8(4-2-7)21-12-5-9(13(17)18)10(15)6-11(12)16(19)20/h1-6H,(H,17,18). The Labute approximate surface area is 126 Å². The van der Waals surface area contributed by atoms with E-state index in [1.54, 1.807) is 12.1 Å². The van der Waals surface area contributed by atoms with Crippen LogP contribution in [-0.2, 0) is 0 Å². The first-order valence-corrected chi connectivity index (χ1v) is 6.32. The molecular formula is C13H7BrFNO5. The molecular weight excluding hydrogens is 349 g/mol. The number of nitro groups is 1. The van der Waals surface area contributed by atoms with Crippen LogP contribution in [-0.4, -0.2) is 16.0 Å². The van der Waals surface area contributed by atoms with E-state index in [1.165, 1.54) is 12.1 Å². The number of halogens is 2. The third kappa shape index (κ3) is 3.34. The summed E-state index contributed by atoms with van der Waals surface area (Å²) in [5, 5.41) is 19.8. The normalized spacial score (nSPS) is 10.2. The quantitative estimate of drug-likeness (QED) is 0.661. The second-order valence-corrected chi connectivity index (χ2v) is 4.83. The van der Waals surface area contributed by atoms with Crippen LogP contribution in [0.25, 0.3) is 0 Å². The number of hydrogen-bond donors (Lipinski definition) is 1. The SMILES string of the molecule is O=C(O)c1cc(Oc2ccc(Br)cc2)c([N+](=O)[O-])cc1F. The molecule has 2 aromatic carbocycles. The highest BCUT2D eigenvalue weighted by Crippen LogP contribution is 2.34. The van der Waals surface area contributed by atoms with Gasteiger partial charge >= 0.3 is 11.7 Å². The number of carboxylic acids is 1. The predicted octanol–water partition coefficient (Wildman–Crippen LogP) is 3.99. The van der Waals surface area contributed by atoms with Gasteiger partial charge in [-0.3, -0.25) is 10.1 Å². The molecule has 2 rings (SSSR count). The molecule has 0 spiro atoms. The number of hydrogen-bond acceptors (Lipinski definition) is 4. The van der Waals surface area contributed by atoms with E-state index in [9.17, 15) is 19.3 Å². The Morgan fingerprint density at radius 3 is 2.43 bits per heavy atom. The van der Waals surface area contributed by atoms with Crippen molar-refractivity contribution in [2.75, 3.05) is 0 Å². The Kier molecular flexibility index (Phi) is 4.18. The van der Waals surface area contributed by atoms with Gasteiger partial charge in [-0.25, -0.2) is 9.18 Å². The maximum absolute atomic E-state index is 13.5. The van der Waals surface area contributed by atoms with Crippen molar-refractivity contribution < 1.29 is 24.0 Å². The molecule has 0 aliphatic heterocycles. The van der Waals surface area contributed by atoms with Gasteiger partial charge in [0.2, 0.25) is 5.75 Å². The molecule has 108 valence electrons. The fraction of sp³-hybridized carbons (Fsp3) is 0. The van der Waals surface area contributed by atoms with E-state index in [-0.39, 0.29) is 11.5 Å². The fourth-order valence-corrected chi connectivity index (χ4v) is 1.83. The lowest BCUT2D eigenvalue weighted by molar-refractivity contribution is -0.385. The summed E-state index contributed by atoms with van der Waals surface area (Å²) < 4.78 is 19.5. The molecule has 0 bridgehead atoms. The number of rotatable bonds is 4. The first-order valence-electron chi connectivity index (χ1n) is 5.53. The Bertz CT molecular complexity index is 717. The molecule has 0 unspecified atom stereocenters. The molecule has 21 heavy (non-hydrogen) atoms. The summed E-state index contributed by atoms with van der Waals surface area (Å²) in [5.41, 5.74) is -1.35. The summed E-state index contributed by atoms with van der Waals surface area (Å²) in [6.07, 6.45) is 0. The molecule has 0 atom stereocenters. The van der Waals surface area contributed by atoms with Crippen molar-refractivity contribution in [3.05, 3.63) is 62.4 Å². The van der Waals surface area contributed by atoms with Crippen LogP contribution in [0.3, 0.4) is 0 Å². The van der Waals surface area contributed by atoms with Gasteiger partial charge in [0.1, 0.15) is 11.6 Å². The van der Waals surface area contributed by atoms with Crippen LogP contribution in [0.2, 0.25) is 0 Å². The molecule has 0 saturated heterocycles. The lowest BCUT2D eigenvalue weighted by Crippen LogP contribution is -2.03. The highest BCUT2D eigenvalue weighted by molar-refractivity contribution is 9.10. The monoisotopic (exact) mass is 355 g/mol. The Balaban J connectivity index is 2.49. The zero-order valence-electron chi connectivity index (χ0n) is 10.2. The van der Waals surface area contributed by atoms with E-state index in [4.69, 9.17) is 9.84 Å². The first kappa shape index (κ1) is 14.9. The van der Waals surface area contributed by atoms with Gasteiger partial charge in [-0.2, -0.15) is 0 Å². The van der Waals surface area contributed by atoms with Gasteiger partial charge in [0.05, 0.1) is 16.6 Å². The van der Waals surface area contributed by atoms with Crippen LogP contribution in [0.1, 0.15) is 10.4 Å². The van der Waals surface area contributed by atoms with Gasteiger partial charge in [-0.1, -0.05) is 15.9 Å². The van der Waals surface area contributed by atoms with Crippen LogP contribution < -0.4 is 4.74 Å². The van der Waals surface area contributed by atoms with Crippen molar-refractivity contribution in [1.29, 1.82) is 0 Å². The van der Waals surface area contributed by atoms with Crippen molar-refractivity contribution in [2.45, 2.75) is 0 Å². The second-order valence-electron chi connectivity index (χ2n) is 3.92. The van der Waals surface area contributed by atoms with E-state index in [0.29, 0.717) is 6.07 Å². The molecule has 0 fully saturated rings. The zero-order valence-corrected chi connectivity index (χ0v) is 11.8. The van der Waals surface area contributed by atoms with Crippen LogP contribution >= 0.6 is 15.9 Å². The van der Waals surface area contributed by atoms with Crippen molar-refractivity contribution in [3.8, 4) is 11.5 Å². The summed E-state index contributed by atoms with van der Waals surface area (Å²) in [6, 6.07) is 7.65. The molecule has 0 heterocycles. The third-order valence-corrected chi connectivity index (χ3v) is 3.05. The van der Waals surface area contributed by atoms with E-state index >= 15 is 0 Å². The molecule has 0 saturated carbocycles. The summed E-state index contributed by atoms with van der Waals surface area (Å²) in [5.74, 6) is -2.83. The zero-order chi connectivity index (χ0) is 15.6. The summed E-state index contributed by atoms with van der Waals surface area (Å²) in [4.78, 5) is 20.9. The van der Waals surface area contributed by atoms with Gasteiger partial charge in [0, 0.05) is 10.5 Å². The fourth-order valence-electron chi connectivity index (χ4n) is 1.56. The molecule has 0 aliphatic rings. The molecule has 0 amide bonds. The molecule has 2 aromatic rings. The Morgan fingerprint density at radius 1 is 1.29 bits per heavy atom. The molecule has 0 aromatic heterocycles. The van der Waals surface area contributed by atoms with E-state index in [1.807, 2.05) is 0 Å². The summed E-state index contributed by atoms with van der Waals surface area (Å²) >= 11 is 3.22. The number of carbonyl (C=O) groups is 1. The first-order chi connectivity index (χ1) is 9.88. The third-order valence-electron chi connectivity index (χ3n) is 2.52. The number of carboxylic acid groups (broad SMARTS) is 1. The lowest BCUT2D eigenvalue weighted by atomic mass is 10.1. The highest BCUT2D eigenvalue weighted by Gasteiger charge is 2.23. The number of nitro benzene ring substituents is 1. The van der Waals surface area contributed by atoms with Crippen molar-refractivity contribution in [3.63, 3.8) is 0 Å². The molecule has 0 aliphatic carbocycles. The van der Waals surface area contributed by atoms with Crippen LogP contribution in [0.5, 0.6) is 11.5 Å². The Morgan fingerprint density at radius 2 is 1.90 bits per heavy atom. The van der Waals surface area contributed by atoms with Crippen LogP contribution in [0, 0.1) is 15.9 Å². The van der Waals surface area contributed by atoms with Crippen molar-refractivity contribution >= 4 is 27.6 Å². The van der Waals surface area contributed by atoms with Gasteiger partial charge < -0.3 is 9.84 Å². The van der Waals surface area contributed by atoms with Crippen molar-refractivity contribution in [2.24, 2.45) is 0 Å². The second kappa shape index (κ2) is 5.88. The number of nitrogens with zero attached hydrogens (tertiary/aromatic N) is 1.